The van der Waals surface area contributed by atoms with E-state index in [4.69, 9.17) is 0 Å². The highest BCUT2D eigenvalue weighted by Gasteiger charge is 2.17. The number of pyridine rings is 2. The molecule has 0 amide bonds. The minimum absolute atomic E-state index is 0.230. The van der Waals surface area contributed by atoms with Crippen molar-refractivity contribution >= 4 is 21.9 Å². The van der Waals surface area contributed by atoms with Crippen LogP contribution >= 0.6 is 0 Å². The fourth-order valence-electron chi connectivity index (χ4n) is 3.16. The van der Waals surface area contributed by atoms with Crippen molar-refractivity contribution in [2.75, 3.05) is 0 Å². The number of H-pyrrole nitrogens is 1. The van der Waals surface area contributed by atoms with E-state index in [9.17, 15) is 9.18 Å². The number of benzene rings is 1. The van der Waals surface area contributed by atoms with E-state index < -0.39 is 0 Å². The third-order valence-electron chi connectivity index (χ3n) is 4.52. The van der Waals surface area contributed by atoms with Gasteiger partial charge >= 0.3 is 0 Å². The standard InChI is InChI=1S/C20H13FN6O/c21-15-6-2-1-4-12(15)11-27-19-13(5-3-8-22-19)17(26-27)18-24-10-14-16(25-18)7-9-23-20(14)28/h1-10H,11H2,(H,23,28). The SMILES string of the molecule is O=c1[nH]ccc2nc(-c3nn(Cc4ccccc4F)c4ncccc34)ncc12. The highest BCUT2D eigenvalue weighted by atomic mass is 19.1. The second kappa shape index (κ2) is 6.34. The van der Waals surface area contributed by atoms with Gasteiger partial charge in [0.05, 0.1) is 22.8 Å². The van der Waals surface area contributed by atoms with Gasteiger partial charge in [0, 0.05) is 24.2 Å². The largest absolute Gasteiger partial charge is 0.328 e. The van der Waals surface area contributed by atoms with E-state index in [2.05, 4.69) is 25.0 Å². The van der Waals surface area contributed by atoms with Crippen molar-refractivity contribution in [3.05, 3.63) is 82.8 Å². The molecular weight excluding hydrogens is 359 g/mol. The minimum atomic E-state index is -0.301. The van der Waals surface area contributed by atoms with Crippen LogP contribution in [0, 0.1) is 5.82 Å². The van der Waals surface area contributed by atoms with Gasteiger partial charge in [0.25, 0.3) is 5.56 Å². The molecule has 0 fully saturated rings. The Kier molecular flexibility index (Phi) is 3.68. The Balaban J connectivity index is 1.68. The molecule has 1 N–H and O–H groups in total. The van der Waals surface area contributed by atoms with E-state index in [1.807, 2.05) is 6.07 Å². The molecule has 1 aromatic carbocycles. The summed E-state index contributed by atoms with van der Waals surface area (Å²) >= 11 is 0. The normalized spacial score (nSPS) is 11.3. The minimum Gasteiger partial charge on any atom is -0.328 e. The van der Waals surface area contributed by atoms with E-state index in [-0.39, 0.29) is 17.9 Å². The van der Waals surface area contributed by atoms with Gasteiger partial charge in [-0.25, -0.2) is 24.0 Å². The Bertz CT molecular complexity index is 1390. The highest BCUT2D eigenvalue weighted by molar-refractivity contribution is 5.90. The first kappa shape index (κ1) is 16.2. The number of fused-ring (bicyclic) bond motifs is 2. The van der Waals surface area contributed by atoms with Gasteiger partial charge in [0.15, 0.2) is 11.5 Å². The third kappa shape index (κ3) is 2.62. The van der Waals surface area contributed by atoms with Gasteiger partial charge in [-0.15, -0.1) is 0 Å². The smallest absolute Gasteiger partial charge is 0.258 e. The Morgan fingerprint density at radius 1 is 1.04 bits per heavy atom. The molecule has 5 rings (SSSR count). The van der Waals surface area contributed by atoms with Crippen LogP contribution in [0.4, 0.5) is 4.39 Å². The molecule has 0 spiro atoms. The fraction of sp³-hybridized carbons (Fsp3) is 0.0500. The zero-order valence-electron chi connectivity index (χ0n) is 14.5. The Morgan fingerprint density at radius 3 is 2.82 bits per heavy atom. The molecule has 4 aromatic heterocycles. The zero-order chi connectivity index (χ0) is 19.1. The lowest BCUT2D eigenvalue weighted by molar-refractivity contribution is 0.589. The fourth-order valence-corrected chi connectivity index (χ4v) is 3.16. The maximum Gasteiger partial charge on any atom is 0.258 e. The van der Waals surface area contributed by atoms with Gasteiger partial charge in [-0.3, -0.25) is 4.79 Å². The van der Waals surface area contributed by atoms with Crippen molar-refractivity contribution < 1.29 is 4.39 Å². The molecule has 8 heteroatoms. The van der Waals surface area contributed by atoms with Gasteiger partial charge < -0.3 is 4.98 Å². The maximum atomic E-state index is 14.1. The number of nitrogens with one attached hydrogen (secondary N) is 1. The summed E-state index contributed by atoms with van der Waals surface area (Å²) in [5.41, 5.74) is 1.92. The second-order valence-corrected chi connectivity index (χ2v) is 6.27. The Hall–Kier alpha value is -3.94. The van der Waals surface area contributed by atoms with Crippen molar-refractivity contribution in [1.82, 2.24) is 29.7 Å². The van der Waals surface area contributed by atoms with Crippen LogP contribution in [0.5, 0.6) is 0 Å². The van der Waals surface area contributed by atoms with Crippen LogP contribution in [0.1, 0.15) is 5.56 Å². The molecule has 0 unspecified atom stereocenters. The van der Waals surface area contributed by atoms with Crippen LogP contribution in [0.3, 0.4) is 0 Å². The number of hydrogen-bond acceptors (Lipinski definition) is 5. The second-order valence-electron chi connectivity index (χ2n) is 6.27. The number of hydrogen-bond donors (Lipinski definition) is 1. The van der Waals surface area contributed by atoms with Gasteiger partial charge in [-0.05, 0) is 24.3 Å². The molecule has 28 heavy (non-hydrogen) atoms. The van der Waals surface area contributed by atoms with E-state index in [0.29, 0.717) is 33.6 Å². The molecule has 0 saturated carbocycles. The Labute approximate surface area is 157 Å². The monoisotopic (exact) mass is 372 g/mol. The predicted molar refractivity (Wildman–Crippen MR) is 102 cm³/mol. The van der Waals surface area contributed by atoms with E-state index in [1.54, 1.807) is 41.2 Å². The lowest BCUT2D eigenvalue weighted by Crippen LogP contribution is -2.07. The van der Waals surface area contributed by atoms with Crippen LogP contribution < -0.4 is 5.56 Å². The number of rotatable bonds is 3. The van der Waals surface area contributed by atoms with Crippen molar-refractivity contribution in [1.29, 1.82) is 0 Å². The van der Waals surface area contributed by atoms with Crippen LogP contribution in [0.15, 0.2) is 65.8 Å². The van der Waals surface area contributed by atoms with Gasteiger partial charge in [0.2, 0.25) is 0 Å². The molecular formula is C20H13FN6O. The summed E-state index contributed by atoms with van der Waals surface area (Å²) < 4.78 is 15.7. The van der Waals surface area contributed by atoms with Crippen LogP contribution in [0.2, 0.25) is 0 Å². The molecule has 0 aliphatic carbocycles. The highest BCUT2D eigenvalue weighted by Crippen LogP contribution is 2.25. The quantitative estimate of drug-likeness (QED) is 0.526. The van der Waals surface area contributed by atoms with Crippen molar-refractivity contribution in [2.45, 2.75) is 6.54 Å². The van der Waals surface area contributed by atoms with Gasteiger partial charge in [-0.2, -0.15) is 5.10 Å². The van der Waals surface area contributed by atoms with E-state index in [1.165, 1.54) is 18.5 Å². The summed E-state index contributed by atoms with van der Waals surface area (Å²) in [6.45, 7) is 0.230. The molecule has 4 heterocycles. The number of aromatic amines is 1. The Morgan fingerprint density at radius 2 is 1.93 bits per heavy atom. The first-order valence-electron chi connectivity index (χ1n) is 8.60. The molecule has 0 bridgehead atoms. The van der Waals surface area contributed by atoms with E-state index >= 15 is 0 Å². The number of aromatic nitrogens is 6. The average Bonchev–Trinajstić information content (AvgIpc) is 3.08. The van der Waals surface area contributed by atoms with Crippen LogP contribution in [-0.2, 0) is 6.54 Å². The molecule has 5 aromatic rings. The lowest BCUT2D eigenvalue weighted by atomic mass is 10.2. The van der Waals surface area contributed by atoms with Crippen LogP contribution in [-0.4, -0.2) is 29.7 Å². The molecule has 0 aliphatic heterocycles. The third-order valence-corrected chi connectivity index (χ3v) is 4.52. The van der Waals surface area contributed by atoms with Gasteiger partial charge in [-0.1, -0.05) is 18.2 Å². The predicted octanol–water partition coefficient (Wildman–Crippen LogP) is 2.92. The molecule has 7 nitrogen and oxygen atoms in total. The summed E-state index contributed by atoms with van der Waals surface area (Å²) in [6.07, 6.45) is 4.68. The van der Waals surface area contributed by atoms with Crippen molar-refractivity contribution in [3.8, 4) is 11.5 Å². The first-order valence-corrected chi connectivity index (χ1v) is 8.60. The summed E-state index contributed by atoms with van der Waals surface area (Å²) in [4.78, 5) is 27.7. The number of halogens is 1. The first-order chi connectivity index (χ1) is 13.7. The molecule has 0 aliphatic rings. The van der Waals surface area contributed by atoms with Crippen LogP contribution in [0.25, 0.3) is 33.5 Å². The topological polar surface area (TPSA) is 89.4 Å². The molecule has 0 saturated heterocycles. The summed E-state index contributed by atoms with van der Waals surface area (Å²) in [5, 5.41) is 5.76. The average molecular weight is 372 g/mol. The summed E-state index contributed by atoms with van der Waals surface area (Å²) in [7, 11) is 0. The summed E-state index contributed by atoms with van der Waals surface area (Å²) in [6, 6.07) is 11.9. The van der Waals surface area contributed by atoms with E-state index in [0.717, 1.165) is 5.39 Å². The zero-order valence-corrected chi connectivity index (χ0v) is 14.5. The molecule has 0 atom stereocenters. The van der Waals surface area contributed by atoms with Crippen molar-refractivity contribution in [2.24, 2.45) is 0 Å². The van der Waals surface area contributed by atoms with Gasteiger partial charge in [0.1, 0.15) is 11.5 Å². The molecule has 136 valence electrons. The lowest BCUT2D eigenvalue weighted by Gasteiger charge is -2.04. The molecule has 0 radical (unpaired) electrons. The van der Waals surface area contributed by atoms with Crippen molar-refractivity contribution in [3.63, 3.8) is 0 Å². The number of nitrogens with zero attached hydrogens (tertiary/aromatic N) is 5. The summed E-state index contributed by atoms with van der Waals surface area (Å²) in [5.74, 6) is 0.0770. The maximum absolute atomic E-state index is 14.1.